The summed E-state index contributed by atoms with van der Waals surface area (Å²) in [6.45, 7) is 6.20. The van der Waals surface area contributed by atoms with Gasteiger partial charge in [-0.25, -0.2) is 0 Å². The third kappa shape index (κ3) is 5.85. The van der Waals surface area contributed by atoms with Gasteiger partial charge in [0, 0.05) is 25.7 Å². The van der Waals surface area contributed by atoms with E-state index in [0.717, 1.165) is 37.2 Å². The first-order chi connectivity index (χ1) is 9.17. The Morgan fingerprint density at radius 3 is 2.68 bits per heavy atom. The predicted molar refractivity (Wildman–Crippen MR) is 78.0 cm³/mol. The minimum Gasteiger partial charge on any atom is -0.395 e. The van der Waals surface area contributed by atoms with Crippen molar-refractivity contribution >= 4 is 11.6 Å². The van der Waals surface area contributed by atoms with Crippen molar-refractivity contribution in [3.8, 4) is 0 Å². The van der Waals surface area contributed by atoms with E-state index in [-0.39, 0.29) is 12.5 Å². The molecule has 1 aromatic rings. The molecule has 1 rings (SSSR count). The molecule has 0 radical (unpaired) electrons. The molecule has 0 fully saturated rings. The number of rotatable bonds is 8. The molecule has 19 heavy (non-hydrogen) atoms. The number of nitrogens with zero attached hydrogens (tertiary/aromatic N) is 1. The number of aliphatic hydroxyl groups is 1. The summed E-state index contributed by atoms with van der Waals surface area (Å²) in [4.78, 5) is 13.4. The fourth-order valence-corrected chi connectivity index (χ4v) is 2.00. The number of hydrogen-bond donors (Lipinski definition) is 2. The second kappa shape index (κ2) is 8.67. The number of hydrogen-bond acceptors (Lipinski definition) is 3. The largest absolute Gasteiger partial charge is 0.395 e. The van der Waals surface area contributed by atoms with Crippen molar-refractivity contribution in [2.75, 3.05) is 25.0 Å². The number of anilines is 1. The quantitative estimate of drug-likeness (QED) is 0.757. The van der Waals surface area contributed by atoms with Gasteiger partial charge in [-0.05, 0) is 24.6 Å². The van der Waals surface area contributed by atoms with Gasteiger partial charge in [0.1, 0.15) is 0 Å². The Morgan fingerprint density at radius 2 is 2.05 bits per heavy atom. The average Bonchev–Trinajstić information content (AvgIpc) is 2.38. The topological polar surface area (TPSA) is 52.6 Å². The maximum Gasteiger partial charge on any atom is 0.221 e. The van der Waals surface area contributed by atoms with E-state index >= 15 is 0 Å². The molecule has 0 saturated heterocycles. The van der Waals surface area contributed by atoms with Crippen LogP contribution in [0.3, 0.4) is 0 Å². The molecule has 0 atom stereocenters. The van der Waals surface area contributed by atoms with Gasteiger partial charge in [0.15, 0.2) is 0 Å². The van der Waals surface area contributed by atoms with Crippen LogP contribution in [0.4, 0.5) is 5.69 Å². The monoisotopic (exact) mass is 264 g/mol. The van der Waals surface area contributed by atoms with Gasteiger partial charge in [-0.2, -0.15) is 0 Å². The highest BCUT2D eigenvalue weighted by Gasteiger charge is 2.09. The van der Waals surface area contributed by atoms with Crippen LogP contribution in [0, 0.1) is 0 Å². The van der Waals surface area contributed by atoms with Crippen LogP contribution in [-0.2, 0) is 11.3 Å². The predicted octanol–water partition coefficient (Wildman–Crippen LogP) is 2.24. The molecule has 0 aliphatic heterocycles. The van der Waals surface area contributed by atoms with Crippen LogP contribution in [-0.4, -0.2) is 35.6 Å². The van der Waals surface area contributed by atoms with E-state index in [4.69, 9.17) is 5.11 Å². The molecule has 1 amide bonds. The van der Waals surface area contributed by atoms with Crippen LogP contribution in [0.1, 0.15) is 32.3 Å². The lowest BCUT2D eigenvalue weighted by Crippen LogP contribution is -2.28. The van der Waals surface area contributed by atoms with Crippen LogP contribution < -0.4 is 5.32 Å². The van der Waals surface area contributed by atoms with Gasteiger partial charge in [-0.15, -0.1) is 0 Å². The van der Waals surface area contributed by atoms with E-state index < -0.39 is 0 Å². The summed E-state index contributed by atoms with van der Waals surface area (Å²) in [5.41, 5.74) is 1.94. The number of unbranched alkanes of at least 4 members (excludes halogenated alkanes) is 1. The van der Waals surface area contributed by atoms with Crippen molar-refractivity contribution in [1.82, 2.24) is 4.90 Å². The van der Waals surface area contributed by atoms with Gasteiger partial charge in [-0.1, -0.05) is 31.5 Å². The van der Waals surface area contributed by atoms with Crippen molar-refractivity contribution in [2.24, 2.45) is 0 Å². The lowest BCUT2D eigenvalue weighted by molar-refractivity contribution is -0.114. The number of aliphatic hydroxyl groups excluding tert-OH is 1. The highest BCUT2D eigenvalue weighted by atomic mass is 16.3. The third-order valence-electron chi connectivity index (χ3n) is 2.97. The lowest BCUT2D eigenvalue weighted by Gasteiger charge is -2.22. The molecule has 0 aliphatic carbocycles. The Kier molecular flexibility index (Phi) is 7.15. The Hall–Kier alpha value is -1.39. The zero-order chi connectivity index (χ0) is 14.1. The molecule has 4 nitrogen and oxygen atoms in total. The zero-order valence-electron chi connectivity index (χ0n) is 11.9. The van der Waals surface area contributed by atoms with E-state index in [1.54, 1.807) is 0 Å². The zero-order valence-corrected chi connectivity index (χ0v) is 11.9. The van der Waals surface area contributed by atoms with Gasteiger partial charge in [0.05, 0.1) is 6.61 Å². The summed E-state index contributed by atoms with van der Waals surface area (Å²) in [5.74, 6) is -0.0604. The SMILES string of the molecule is CCCCN(CCO)Cc1ccccc1NC(C)=O. The van der Waals surface area contributed by atoms with E-state index in [1.165, 1.54) is 6.92 Å². The third-order valence-corrected chi connectivity index (χ3v) is 2.97. The first kappa shape index (κ1) is 15.7. The number of para-hydroxylation sites is 1. The highest BCUT2D eigenvalue weighted by molar-refractivity contribution is 5.89. The van der Waals surface area contributed by atoms with Crippen molar-refractivity contribution in [3.05, 3.63) is 29.8 Å². The normalized spacial score (nSPS) is 10.7. The fourth-order valence-electron chi connectivity index (χ4n) is 2.00. The van der Waals surface area contributed by atoms with Gasteiger partial charge in [-0.3, -0.25) is 9.69 Å². The van der Waals surface area contributed by atoms with Gasteiger partial charge >= 0.3 is 0 Å². The number of nitrogens with one attached hydrogen (secondary N) is 1. The molecule has 4 heteroatoms. The number of benzene rings is 1. The molecule has 0 heterocycles. The molecular weight excluding hydrogens is 240 g/mol. The standard InChI is InChI=1S/C15H24N2O2/c1-3-4-9-17(10-11-18)12-14-7-5-6-8-15(14)16-13(2)19/h5-8,18H,3-4,9-12H2,1-2H3,(H,16,19). The molecule has 106 valence electrons. The molecule has 2 N–H and O–H groups in total. The lowest BCUT2D eigenvalue weighted by atomic mass is 10.1. The maximum absolute atomic E-state index is 11.2. The van der Waals surface area contributed by atoms with Gasteiger partial charge in [0.25, 0.3) is 0 Å². The molecule has 0 unspecified atom stereocenters. The summed E-state index contributed by atoms with van der Waals surface area (Å²) in [6, 6.07) is 7.81. The molecular formula is C15H24N2O2. The van der Waals surface area contributed by atoms with E-state index in [2.05, 4.69) is 17.1 Å². The Balaban J connectivity index is 2.73. The van der Waals surface area contributed by atoms with Crippen molar-refractivity contribution < 1.29 is 9.90 Å². The highest BCUT2D eigenvalue weighted by Crippen LogP contribution is 2.17. The minimum atomic E-state index is -0.0604. The summed E-state index contributed by atoms with van der Waals surface area (Å²) in [7, 11) is 0. The molecule has 0 aliphatic rings. The van der Waals surface area contributed by atoms with Crippen molar-refractivity contribution in [2.45, 2.75) is 33.2 Å². The number of carbonyl (C=O) groups excluding carboxylic acids is 1. The second-order valence-electron chi connectivity index (χ2n) is 4.69. The second-order valence-corrected chi connectivity index (χ2v) is 4.69. The van der Waals surface area contributed by atoms with Gasteiger partial charge in [0.2, 0.25) is 5.91 Å². The summed E-state index contributed by atoms with van der Waals surface area (Å²) >= 11 is 0. The molecule has 0 saturated carbocycles. The van der Waals surface area contributed by atoms with Crippen LogP contribution in [0.2, 0.25) is 0 Å². The van der Waals surface area contributed by atoms with Crippen molar-refractivity contribution in [1.29, 1.82) is 0 Å². The smallest absolute Gasteiger partial charge is 0.221 e. The fraction of sp³-hybridized carbons (Fsp3) is 0.533. The van der Waals surface area contributed by atoms with E-state index in [9.17, 15) is 4.79 Å². The summed E-state index contributed by atoms with van der Waals surface area (Å²) in [6.07, 6.45) is 2.25. The Labute approximate surface area is 115 Å². The first-order valence-electron chi connectivity index (χ1n) is 6.86. The van der Waals surface area contributed by atoms with Crippen LogP contribution >= 0.6 is 0 Å². The summed E-state index contributed by atoms with van der Waals surface area (Å²) < 4.78 is 0. The molecule has 0 aromatic heterocycles. The number of amides is 1. The minimum absolute atomic E-state index is 0.0604. The van der Waals surface area contributed by atoms with E-state index in [1.807, 2.05) is 24.3 Å². The summed E-state index contributed by atoms with van der Waals surface area (Å²) in [5, 5.41) is 12.0. The van der Waals surface area contributed by atoms with E-state index in [0.29, 0.717) is 6.54 Å². The number of carbonyl (C=O) groups is 1. The van der Waals surface area contributed by atoms with Crippen LogP contribution in [0.5, 0.6) is 0 Å². The molecule has 1 aromatic carbocycles. The first-order valence-corrected chi connectivity index (χ1v) is 6.86. The molecule has 0 spiro atoms. The molecule has 0 bridgehead atoms. The maximum atomic E-state index is 11.2. The van der Waals surface area contributed by atoms with Crippen molar-refractivity contribution in [3.63, 3.8) is 0 Å². The Bertz CT molecular complexity index is 393. The van der Waals surface area contributed by atoms with Crippen LogP contribution in [0.25, 0.3) is 0 Å². The van der Waals surface area contributed by atoms with Gasteiger partial charge < -0.3 is 10.4 Å². The Morgan fingerprint density at radius 1 is 1.32 bits per heavy atom. The van der Waals surface area contributed by atoms with Crippen LogP contribution in [0.15, 0.2) is 24.3 Å². The average molecular weight is 264 g/mol.